The number of ether oxygens (including phenoxy) is 1. The summed E-state index contributed by atoms with van der Waals surface area (Å²) in [4.78, 5) is 19.2. The van der Waals surface area contributed by atoms with Crippen LogP contribution in [0.3, 0.4) is 0 Å². The van der Waals surface area contributed by atoms with Crippen LogP contribution < -0.4 is 10.6 Å². The average molecular weight is 475 g/mol. The van der Waals surface area contributed by atoms with Crippen LogP contribution in [0, 0.1) is 0 Å². The molecule has 1 aliphatic rings. The van der Waals surface area contributed by atoms with Crippen molar-refractivity contribution in [3.05, 3.63) is 72.1 Å². The van der Waals surface area contributed by atoms with E-state index < -0.39 is 5.54 Å². The molecule has 0 saturated carbocycles. The Labute approximate surface area is 205 Å². The molecule has 0 aliphatic carbocycles. The summed E-state index contributed by atoms with van der Waals surface area (Å²) in [5.41, 5.74) is 2.25. The lowest BCUT2D eigenvalue weighted by Crippen LogP contribution is -2.56. The van der Waals surface area contributed by atoms with Crippen molar-refractivity contribution in [3.63, 3.8) is 0 Å². The first-order valence-corrected chi connectivity index (χ1v) is 12.5. The quantitative estimate of drug-likeness (QED) is 0.304. The van der Waals surface area contributed by atoms with Crippen LogP contribution in [0.4, 0.5) is 0 Å². The van der Waals surface area contributed by atoms with Crippen LogP contribution in [0.5, 0.6) is 0 Å². The molecule has 0 radical (unpaired) electrons. The van der Waals surface area contributed by atoms with Gasteiger partial charge in [-0.05, 0) is 43.7 Å². The summed E-state index contributed by atoms with van der Waals surface area (Å²) in [6, 6.07) is 18.2. The topological polar surface area (TPSA) is 82.5 Å². The molecule has 7 heteroatoms. The number of hydrogen-bond donors (Lipinski definition) is 3. The van der Waals surface area contributed by atoms with Crippen molar-refractivity contribution in [2.45, 2.75) is 31.8 Å². The Hall–Kier alpha value is -3.13. The second kappa shape index (κ2) is 10.6. The summed E-state index contributed by atoms with van der Waals surface area (Å²) in [6.45, 7) is 7.57. The van der Waals surface area contributed by atoms with E-state index >= 15 is 0 Å². The first kappa shape index (κ1) is 23.6. The fourth-order valence-corrected chi connectivity index (χ4v) is 4.81. The van der Waals surface area contributed by atoms with Gasteiger partial charge in [-0.15, -0.1) is 0 Å². The number of benzene rings is 2. The Balaban J connectivity index is 1.28. The number of rotatable bonds is 10. The number of morpholine rings is 1. The highest BCUT2D eigenvalue weighted by Crippen LogP contribution is 2.24. The number of nitrogens with one attached hydrogen (secondary N) is 3. The standard InChI is InChI=1S/C28H34N4O3/c1-28(18-22-19-30-25-9-4-3-8-24(22)25,27(33)29-11-6-12-32-13-15-34-16-14-32)31-20-23-17-21-7-2-5-10-26(21)35-23/h2-5,7-10,17,19,30-31H,6,11-16,18,20H2,1H3,(H,29,33). The number of amides is 1. The van der Waals surface area contributed by atoms with Crippen molar-refractivity contribution < 1.29 is 13.9 Å². The third-order valence-electron chi connectivity index (χ3n) is 6.89. The summed E-state index contributed by atoms with van der Waals surface area (Å²) in [6.07, 6.45) is 3.49. The van der Waals surface area contributed by atoms with Gasteiger partial charge in [0, 0.05) is 48.5 Å². The van der Waals surface area contributed by atoms with Gasteiger partial charge in [0.05, 0.1) is 25.3 Å². The van der Waals surface area contributed by atoms with Gasteiger partial charge in [-0.1, -0.05) is 36.4 Å². The van der Waals surface area contributed by atoms with Crippen LogP contribution >= 0.6 is 0 Å². The van der Waals surface area contributed by atoms with Crippen LogP contribution in [0.2, 0.25) is 0 Å². The van der Waals surface area contributed by atoms with Gasteiger partial charge < -0.3 is 19.5 Å². The highest BCUT2D eigenvalue weighted by Gasteiger charge is 2.34. The SMILES string of the molecule is CC(Cc1c[nH]c2ccccc12)(NCc1cc2ccccc2o1)C(=O)NCCCN1CCOCC1. The number of H-pyrrole nitrogens is 1. The fraction of sp³-hybridized carbons (Fsp3) is 0.393. The predicted molar refractivity (Wildman–Crippen MR) is 138 cm³/mol. The van der Waals surface area contributed by atoms with E-state index in [4.69, 9.17) is 9.15 Å². The highest BCUT2D eigenvalue weighted by molar-refractivity contribution is 5.89. The third kappa shape index (κ3) is 5.59. The Morgan fingerprint density at radius 1 is 1.11 bits per heavy atom. The molecular weight excluding hydrogens is 440 g/mol. The van der Waals surface area contributed by atoms with Gasteiger partial charge in [-0.3, -0.25) is 15.0 Å². The van der Waals surface area contributed by atoms with Gasteiger partial charge in [0.2, 0.25) is 5.91 Å². The summed E-state index contributed by atoms with van der Waals surface area (Å²) < 4.78 is 11.4. The molecule has 3 N–H and O–H groups in total. The van der Waals surface area contributed by atoms with Crippen molar-refractivity contribution in [1.82, 2.24) is 20.5 Å². The zero-order valence-electron chi connectivity index (χ0n) is 20.3. The summed E-state index contributed by atoms with van der Waals surface area (Å²) in [7, 11) is 0. The predicted octanol–water partition coefficient (Wildman–Crippen LogP) is 3.84. The maximum atomic E-state index is 13.5. The van der Waals surface area contributed by atoms with E-state index in [1.165, 1.54) is 0 Å². The molecule has 0 spiro atoms. The molecule has 7 nitrogen and oxygen atoms in total. The van der Waals surface area contributed by atoms with E-state index in [0.29, 0.717) is 19.5 Å². The maximum Gasteiger partial charge on any atom is 0.240 e. The van der Waals surface area contributed by atoms with Gasteiger partial charge in [-0.25, -0.2) is 0 Å². The van der Waals surface area contributed by atoms with Crippen molar-refractivity contribution in [3.8, 4) is 0 Å². The van der Waals surface area contributed by atoms with Crippen LogP contribution in [0.1, 0.15) is 24.7 Å². The molecule has 2 aromatic heterocycles. The summed E-state index contributed by atoms with van der Waals surface area (Å²) in [5, 5.41) is 8.91. The number of carbonyl (C=O) groups excluding carboxylic acids is 1. The van der Waals surface area contributed by atoms with Crippen LogP contribution in [0.15, 0.2) is 65.2 Å². The molecule has 1 amide bonds. The maximum absolute atomic E-state index is 13.5. The van der Waals surface area contributed by atoms with Crippen LogP contribution in [0.25, 0.3) is 21.9 Å². The van der Waals surface area contributed by atoms with Gasteiger partial charge in [0.25, 0.3) is 0 Å². The Bertz CT molecular complexity index is 1240. The minimum Gasteiger partial charge on any atom is -0.460 e. The van der Waals surface area contributed by atoms with Crippen molar-refractivity contribution in [2.24, 2.45) is 0 Å². The summed E-state index contributed by atoms with van der Waals surface area (Å²) in [5.74, 6) is 0.817. The average Bonchev–Trinajstić information content (AvgIpc) is 3.50. The highest BCUT2D eigenvalue weighted by atomic mass is 16.5. The Morgan fingerprint density at radius 3 is 2.77 bits per heavy atom. The number of fused-ring (bicyclic) bond motifs is 2. The number of furan rings is 1. The van der Waals surface area contributed by atoms with E-state index in [1.807, 2.05) is 55.6 Å². The number of hydrogen-bond acceptors (Lipinski definition) is 5. The number of nitrogens with zero attached hydrogens (tertiary/aromatic N) is 1. The summed E-state index contributed by atoms with van der Waals surface area (Å²) >= 11 is 0. The first-order chi connectivity index (χ1) is 17.1. The fourth-order valence-electron chi connectivity index (χ4n) is 4.81. The van der Waals surface area contributed by atoms with E-state index in [-0.39, 0.29) is 5.91 Å². The van der Waals surface area contributed by atoms with E-state index in [1.54, 1.807) is 0 Å². The smallest absolute Gasteiger partial charge is 0.240 e. The lowest BCUT2D eigenvalue weighted by molar-refractivity contribution is -0.127. The first-order valence-electron chi connectivity index (χ1n) is 12.5. The van der Waals surface area contributed by atoms with Gasteiger partial charge in [0.15, 0.2) is 0 Å². The molecule has 1 atom stereocenters. The second-order valence-electron chi connectivity index (χ2n) is 9.54. The molecule has 3 heterocycles. The molecule has 1 saturated heterocycles. The third-order valence-corrected chi connectivity index (χ3v) is 6.89. The van der Waals surface area contributed by atoms with Gasteiger partial charge in [0.1, 0.15) is 11.3 Å². The second-order valence-corrected chi connectivity index (χ2v) is 9.54. The van der Waals surface area contributed by atoms with Crippen molar-refractivity contribution in [2.75, 3.05) is 39.4 Å². The van der Waals surface area contributed by atoms with Crippen LogP contribution in [-0.2, 0) is 22.5 Å². The van der Waals surface area contributed by atoms with Gasteiger partial charge >= 0.3 is 0 Å². The van der Waals surface area contributed by atoms with Crippen molar-refractivity contribution >= 4 is 27.8 Å². The minimum atomic E-state index is -0.803. The number of para-hydroxylation sites is 2. The molecule has 184 valence electrons. The molecule has 2 aromatic carbocycles. The monoisotopic (exact) mass is 474 g/mol. The Kier molecular flexibility index (Phi) is 7.18. The lowest BCUT2D eigenvalue weighted by Gasteiger charge is -2.30. The van der Waals surface area contributed by atoms with E-state index in [9.17, 15) is 4.79 Å². The van der Waals surface area contributed by atoms with E-state index in [2.05, 4.69) is 32.7 Å². The molecule has 1 unspecified atom stereocenters. The molecule has 4 aromatic rings. The lowest BCUT2D eigenvalue weighted by atomic mass is 9.91. The molecule has 0 bridgehead atoms. The van der Waals surface area contributed by atoms with Gasteiger partial charge in [-0.2, -0.15) is 0 Å². The largest absolute Gasteiger partial charge is 0.460 e. The Morgan fingerprint density at radius 2 is 1.91 bits per heavy atom. The van der Waals surface area contributed by atoms with E-state index in [0.717, 1.165) is 72.5 Å². The minimum absolute atomic E-state index is 0.000805. The number of aromatic nitrogens is 1. The zero-order chi connectivity index (χ0) is 24.1. The molecule has 1 aliphatic heterocycles. The normalized spacial score (nSPS) is 16.5. The number of aromatic amines is 1. The molecule has 5 rings (SSSR count). The van der Waals surface area contributed by atoms with Crippen LogP contribution in [-0.4, -0.2) is 60.7 Å². The van der Waals surface area contributed by atoms with Crippen molar-refractivity contribution in [1.29, 1.82) is 0 Å². The molecular formula is C28H34N4O3. The zero-order valence-corrected chi connectivity index (χ0v) is 20.3. The molecule has 35 heavy (non-hydrogen) atoms. The number of carbonyl (C=O) groups is 1. The molecule has 1 fully saturated rings.